The van der Waals surface area contributed by atoms with Crippen LogP contribution in [0.5, 0.6) is 0 Å². The van der Waals surface area contributed by atoms with E-state index in [2.05, 4.69) is 5.32 Å². The molecule has 2 fully saturated rings. The topological polar surface area (TPSA) is 55.1 Å². The summed E-state index contributed by atoms with van der Waals surface area (Å²) in [6.07, 6.45) is 5.23. The van der Waals surface area contributed by atoms with Gasteiger partial charge in [-0.1, -0.05) is 0 Å². The molecule has 0 unspecified atom stereocenters. The molecule has 0 heterocycles. The molecule has 0 saturated heterocycles. The van der Waals surface area contributed by atoms with Gasteiger partial charge < -0.3 is 11.1 Å². The summed E-state index contributed by atoms with van der Waals surface area (Å²) in [7, 11) is 0. The molecule has 3 N–H and O–H groups in total. The van der Waals surface area contributed by atoms with Crippen LogP contribution in [0.25, 0.3) is 0 Å². The summed E-state index contributed by atoms with van der Waals surface area (Å²) >= 11 is 0. The predicted molar refractivity (Wildman–Crippen MR) is 46.5 cm³/mol. The van der Waals surface area contributed by atoms with E-state index in [1.54, 1.807) is 0 Å². The Morgan fingerprint density at radius 1 is 1.25 bits per heavy atom. The van der Waals surface area contributed by atoms with Gasteiger partial charge in [-0.3, -0.25) is 4.79 Å². The first-order valence-corrected chi connectivity index (χ1v) is 4.81. The Bertz CT molecular complexity index is 189. The summed E-state index contributed by atoms with van der Waals surface area (Å²) in [5.41, 5.74) is 5.73. The van der Waals surface area contributed by atoms with Gasteiger partial charge in [0, 0.05) is 18.0 Å². The number of hydrogen-bond donors (Lipinski definition) is 2. The van der Waals surface area contributed by atoms with E-state index in [1.807, 2.05) is 0 Å². The molecule has 0 spiro atoms. The first-order valence-electron chi connectivity index (χ1n) is 4.81. The Kier molecular flexibility index (Phi) is 2.05. The first kappa shape index (κ1) is 8.05. The molecule has 68 valence electrons. The maximum absolute atomic E-state index is 11.5. The highest BCUT2D eigenvalue weighted by Crippen LogP contribution is 2.26. The van der Waals surface area contributed by atoms with Crippen molar-refractivity contribution >= 4 is 5.91 Å². The Morgan fingerprint density at radius 3 is 2.50 bits per heavy atom. The molecule has 12 heavy (non-hydrogen) atoms. The molecular formula is C9H16N2O. The molecule has 0 aromatic heterocycles. The van der Waals surface area contributed by atoms with Crippen molar-refractivity contribution in [2.24, 2.45) is 11.7 Å². The molecule has 3 nitrogen and oxygen atoms in total. The molecule has 2 rings (SSSR count). The predicted octanol–water partition coefficient (Wildman–Crippen LogP) is 0.392. The van der Waals surface area contributed by atoms with Gasteiger partial charge in [-0.05, 0) is 32.1 Å². The van der Waals surface area contributed by atoms with Crippen molar-refractivity contribution < 1.29 is 4.79 Å². The molecule has 0 aromatic rings. The van der Waals surface area contributed by atoms with Crippen LogP contribution >= 0.6 is 0 Å². The molecule has 0 radical (unpaired) electrons. The third-order valence-electron chi connectivity index (χ3n) is 2.77. The highest BCUT2D eigenvalue weighted by atomic mass is 16.2. The minimum atomic E-state index is 0.209. The molecule has 2 aliphatic rings. The zero-order chi connectivity index (χ0) is 8.55. The SMILES string of the molecule is N[C@H]1CC[C@@H](C(=O)NC2CC2)C1. The highest BCUT2D eigenvalue weighted by Gasteiger charge is 2.31. The van der Waals surface area contributed by atoms with E-state index >= 15 is 0 Å². The van der Waals surface area contributed by atoms with Gasteiger partial charge in [-0.2, -0.15) is 0 Å². The van der Waals surface area contributed by atoms with Gasteiger partial charge in [0.15, 0.2) is 0 Å². The Labute approximate surface area is 72.7 Å². The molecule has 0 aliphatic heterocycles. The van der Waals surface area contributed by atoms with Crippen molar-refractivity contribution in [3.8, 4) is 0 Å². The number of amides is 1. The second kappa shape index (κ2) is 3.05. The number of nitrogens with one attached hydrogen (secondary N) is 1. The Hall–Kier alpha value is -0.570. The number of carbonyl (C=O) groups is 1. The molecule has 3 heteroatoms. The lowest BCUT2D eigenvalue weighted by atomic mass is 10.1. The van der Waals surface area contributed by atoms with Crippen molar-refractivity contribution in [1.29, 1.82) is 0 Å². The van der Waals surface area contributed by atoms with Gasteiger partial charge >= 0.3 is 0 Å². The molecule has 0 bridgehead atoms. The summed E-state index contributed by atoms with van der Waals surface area (Å²) in [5, 5.41) is 3.02. The van der Waals surface area contributed by atoms with Crippen molar-refractivity contribution in [3.63, 3.8) is 0 Å². The van der Waals surface area contributed by atoms with Crippen LogP contribution in [0.4, 0.5) is 0 Å². The van der Waals surface area contributed by atoms with Crippen molar-refractivity contribution in [3.05, 3.63) is 0 Å². The second-order valence-electron chi connectivity index (χ2n) is 4.05. The third-order valence-corrected chi connectivity index (χ3v) is 2.77. The zero-order valence-corrected chi connectivity index (χ0v) is 7.25. The summed E-state index contributed by atoms with van der Waals surface area (Å²) < 4.78 is 0. The fraction of sp³-hybridized carbons (Fsp3) is 0.889. The lowest BCUT2D eigenvalue weighted by Gasteiger charge is -2.09. The number of nitrogens with two attached hydrogens (primary N) is 1. The van der Waals surface area contributed by atoms with Crippen LogP contribution in [0.2, 0.25) is 0 Å². The van der Waals surface area contributed by atoms with Crippen LogP contribution in [0.1, 0.15) is 32.1 Å². The van der Waals surface area contributed by atoms with Crippen molar-refractivity contribution in [2.75, 3.05) is 0 Å². The van der Waals surface area contributed by atoms with E-state index in [9.17, 15) is 4.79 Å². The Morgan fingerprint density at radius 2 is 2.00 bits per heavy atom. The molecule has 1 amide bonds. The standard InChI is InChI=1S/C9H16N2O/c10-7-2-1-6(5-7)9(12)11-8-3-4-8/h6-8H,1-5,10H2,(H,11,12)/t6-,7+/m1/s1. The largest absolute Gasteiger partial charge is 0.353 e. The maximum Gasteiger partial charge on any atom is 0.223 e. The lowest BCUT2D eigenvalue weighted by Crippen LogP contribution is -2.31. The number of rotatable bonds is 2. The van der Waals surface area contributed by atoms with Crippen LogP contribution in [-0.4, -0.2) is 18.0 Å². The van der Waals surface area contributed by atoms with Gasteiger partial charge in [0.1, 0.15) is 0 Å². The van der Waals surface area contributed by atoms with Crippen LogP contribution in [0.3, 0.4) is 0 Å². The second-order valence-corrected chi connectivity index (χ2v) is 4.05. The minimum absolute atomic E-state index is 0.209. The van der Waals surface area contributed by atoms with Gasteiger partial charge in [-0.15, -0.1) is 0 Å². The molecule has 2 aliphatic carbocycles. The van der Waals surface area contributed by atoms with E-state index in [0.717, 1.165) is 19.3 Å². The van der Waals surface area contributed by atoms with Crippen LogP contribution in [0.15, 0.2) is 0 Å². The van der Waals surface area contributed by atoms with E-state index in [4.69, 9.17) is 5.73 Å². The van der Waals surface area contributed by atoms with E-state index in [1.165, 1.54) is 12.8 Å². The smallest absolute Gasteiger partial charge is 0.223 e. The van der Waals surface area contributed by atoms with Gasteiger partial charge in [0.2, 0.25) is 5.91 Å². The lowest BCUT2D eigenvalue weighted by molar-refractivity contribution is -0.124. The highest BCUT2D eigenvalue weighted by molar-refractivity contribution is 5.79. The molecular weight excluding hydrogens is 152 g/mol. The quantitative estimate of drug-likeness (QED) is 0.626. The summed E-state index contributed by atoms with van der Waals surface area (Å²) in [4.78, 5) is 11.5. The molecule has 2 atom stereocenters. The van der Waals surface area contributed by atoms with E-state index in [-0.39, 0.29) is 17.9 Å². The van der Waals surface area contributed by atoms with Gasteiger partial charge in [0.25, 0.3) is 0 Å². The third kappa shape index (κ3) is 1.78. The minimum Gasteiger partial charge on any atom is -0.353 e. The van der Waals surface area contributed by atoms with E-state index in [0.29, 0.717) is 6.04 Å². The summed E-state index contributed by atoms with van der Waals surface area (Å²) in [5.74, 6) is 0.450. The molecule has 2 saturated carbocycles. The van der Waals surface area contributed by atoms with Gasteiger partial charge in [-0.25, -0.2) is 0 Å². The summed E-state index contributed by atoms with van der Waals surface area (Å²) in [6.45, 7) is 0. The fourth-order valence-electron chi connectivity index (χ4n) is 1.80. The molecule has 0 aromatic carbocycles. The van der Waals surface area contributed by atoms with Crippen LogP contribution in [-0.2, 0) is 4.79 Å². The van der Waals surface area contributed by atoms with Gasteiger partial charge in [0.05, 0.1) is 0 Å². The van der Waals surface area contributed by atoms with E-state index < -0.39 is 0 Å². The fourth-order valence-corrected chi connectivity index (χ4v) is 1.80. The summed E-state index contributed by atoms with van der Waals surface area (Å²) in [6, 6.07) is 0.759. The van der Waals surface area contributed by atoms with Crippen molar-refractivity contribution in [2.45, 2.75) is 44.2 Å². The average Bonchev–Trinajstić information content (AvgIpc) is 2.72. The van der Waals surface area contributed by atoms with Crippen LogP contribution < -0.4 is 11.1 Å². The first-order chi connectivity index (χ1) is 5.75. The normalized spacial score (nSPS) is 35.1. The van der Waals surface area contributed by atoms with Crippen LogP contribution in [0, 0.1) is 5.92 Å². The Balaban J connectivity index is 1.79. The maximum atomic E-state index is 11.5. The monoisotopic (exact) mass is 168 g/mol. The zero-order valence-electron chi connectivity index (χ0n) is 7.25. The number of carbonyl (C=O) groups excluding carboxylic acids is 1. The van der Waals surface area contributed by atoms with Crippen molar-refractivity contribution in [1.82, 2.24) is 5.32 Å². The number of hydrogen-bond acceptors (Lipinski definition) is 2. The average molecular weight is 168 g/mol.